The summed E-state index contributed by atoms with van der Waals surface area (Å²) in [6.45, 7) is 7.71. The quantitative estimate of drug-likeness (QED) is 0.709. The van der Waals surface area contributed by atoms with Crippen molar-refractivity contribution < 1.29 is 14.1 Å². The molecule has 0 aliphatic carbocycles. The van der Waals surface area contributed by atoms with Gasteiger partial charge in [-0.05, 0) is 57.2 Å². The van der Waals surface area contributed by atoms with Crippen LogP contribution in [0.15, 0.2) is 52.9 Å². The topological polar surface area (TPSA) is 52.6 Å². The SMILES string of the molecule is CCOc1ccc(C[NH+](C)[C@@H](C)c2nnc(-c3ccc(C)cc3)o2)cc1. The summed E-state index contributed by atoms with van der Waals surface area (Å²) in [6, 6.07) is 16.4. The zero-order valence-electron chi connectivity index (χ0n) is 15.8. The number of rotatable bonds is 7. The molecule has 0 fully saturated rings. The van der Waals surface area contributed by atoms with Crippen LogP contribution in [0.25, 0.3) is 11.5 Å². The smallest absolute Gasteiger partial charge is 0.274 e. The van der Waals surface area contributed by atoms with Crippen LogP contribution in [0, 0.1) is 6.92 Å². The van der Waals surface area contributed by atoms with E-state index >= 15 is 0 Å². The first kappa shape index (κ1) is 18.1. The molecule has 0 saturated heterocycles. The number of quaternary nitrogens is 1. The van der Waals surface area contributed by atoms with Gasteiger partial charge in [-0.2, -0.15) is 0 Å². The summed E-state index contributed by atoms with van der Waals surface area (Å²) in [4.78, 5) is 1.29. The van der Waals surface area contributed by atoms with Gasteiger partial charge in [0, 0.05) is 11.1 Å². The molecular weight excluding hydrogens is 326 g/mol. The average Bonchev–Trinajstić information content (AvgIpc) is 3.13. The maximum atomic E-state index is 5.92. The summed E-state index contributed by atoms with van der Waals surface area (Å²) in [6.07, 6.45) is 0. The van der Waals surface area contributed by atoms with Crippen molar-refractivity contribution in [2.45, 2.75) is 33.4 Å². The maximum Gasteiger partial charge on any atom is 0.274 e. The van der Waals surface area contributed by atoms with E-state index in [1.54, 1.807) is 0 Å². The molecule has 26 heavy (non-hydrogen) atoms. The molecule has 0 aliphatic heterocycles. The summed E-state index contributed by atoms with van der Waals surface area (Å²) >= 11 is 0. The largest absolute Gasteiger partial charge is 0.494 e. The van der Waals surface area contributed by atoms with Crippen LogP contribution in [0.3, 0.4) is 0 Å². The van der Waals surface area contributed by atoms with Gasteiger partial charge in [-0.15, -0.1) is 10.2 Å². The first-order chi connectivity index (χ1) is 12.6. The Bertz CT molecular complexity index is 825. The molecule has 3 rings (SSSR count). The Kier molecular flexibility index (Phi) is 5.68. The lowest BCUT2D eigenvalue weighted by atomic mass is 10.1. The summed E-state index contributed by atoms with van der Waals surface area (Å²) in [5.41, 5.74) is 3.41. The third kappa shape index (κ3) is 4.29. The van der Waals surface area contributed by atoms with Crippen molar-refractivity contribution in [2.75, 3.05) is 13.7 Å². The number of aryl methyl sites for hydroxylation is 1. The fourth-order valence-corrected chi connectivity index (χ4v) is 2.78. The van der Waals surface area contributed by atoms with Crippen molar-refractivity contribution in [1.82, 2.24) is 10.2 Å². The second-order valence-corrected chi connectivity index (χ2v) is 6.63. The van der Waals surface area contributed by atoms with E-state index in [0.29, 0.717) is 18.4 Å². The highest BCUT2D eigenvalue weighted by Gasteiger charge is 2.22. The Morgan fingerprint density at radius 3 is 2.38 bits per heavy atom. The molecule has 0 spiro atoms. The van der Waals surface area contributed by atoms with Gasteiger partial charge >= 0.3 is 0 Å². The Balaban J connectivity index is 1.66. The lowest BCUT2D eigenvalue weighted by Crippen LogP contribution is -3.07. The molecule has 2 aromatic carbocycles. The first-order valence-corrected chi connectivity index (χ1v) is 9.01. The van der Waals surface area contributed by atoms with Crippen LogP contribution >= 0.6 is 0 Å². The van der Waals surface area contributed by atoms with Crippen LogP contribution in [-0.2, 0) is 6.54 Å². The number of nitrogens with zero attached hydrogens (tertiary/aromatic N) is 2. The molecule has 0 radical (unpaired) electrons. The Hall–Kier alpha value is -2.66. The minimum Gasteiger partial charge on any atom is -0.494 e. The first-order valence-electron chi connectivity index (χ1n) is 9.01. The van der Waals surface area contributed by atoms with Gasteiger partial charge in [-0.3, -0.25) is 0 Å². The van der Waals surface area contributed by atoms with E-state index in [-0.39, 0.29) is 6.04 Å². The van der Waals surface area contributed by atoms with Gasteiger partial charge < -0.3 is 14.1 Å². The highest BCUT2D eigenvalue weighted by atomic mass is 16.5. The molecular formula is C21H26N3O2+. The summed E-state index contributed by atoms with van der Waals surface area (Å²) in [7, 11) is 2.14. The number of benzene rings is 2. The van der Waals surface area contributed by atoms with Gasteiger partial charge in [0.05, 0.1) is 13.7 Å². The molecule has 3 aromatic rings. The van der Waals surface area contributed by atoms with E-state index in [1.807, 2.05) is 43.3 Å². The molecule has 1 unspecified atom stereocenters. The average molecular weight is 352 g/mol. The fourth-order valence-electron chi connectivity index (χ4n) is 2.78. The Morgan fingerprint density at radius 2 is 1.73 bits per heavy atom. The lowest BCUT2D eigenvalue weighted by Gasteiger charge is -2.19. The predicted molar refractivity (Wildman–Crippen MR) is 101 cm³/mol. The molecule has 5 nitrogen and oxygen atoms in total. The van der Waals surface area contributed by atoms with Gasteiger partial charge in [-0.25, -0.2) is 0 Å². The number of aromatic nitrogens is 2. The highest BCUT2D eigenvalue weighted by Crippen LogP contribution is 2.20. The predicted octanol–water partition coefficient (Wildman–Crippen LogP) is 3.22. The van der Waals surface area contributed by atoms with E-state index in [2.05, 4.69) is 43.2 Å². The van der Waals surface area contributed by atoms with E-state index in [0.717, 1.165) is 17.9 Å². The van der Waals surface area contributed by atoms with Gasteiger partial charge in [-0.1, -0.05) is 17.7 Å². The van der Waals surface area contributed by atoms with Crippen molar-refractivity contribution in [3.63, 3.8) is 0 Å². The lowest BCUT2D eigenvalue weighted by molar-refractivity contribution is -0.925. The molecule has 1 aromatic heterocycles. The number of hydrogen-bond acceptors (Lipinski definition) is 4. The molecule has 0 bridgehead atoms. The molecule has 0 saturated carbocycles. The Labute approximate surface area is 154 Å². The van der Waals surface area contributed by atoms with Gasteiger partial charge in [0.25, 0.3) is 5.89 Å². The van der Waals surface area contributed by atoms with Crippen molar-refractivity contribution in [3.05, 3.63) is 65.5 Å². The number of nitrogens with one attached hydrogen (secondary N) is 1. The van der Waals surface area contributed by atoms with Crippen LogP contribution in [0.1, 0.15) is 36.9 Å². The molecule has 0 amide bonds. The number of hydrogen-bond donors (Lipinski definition) is 1. The number of ether oxygens (including phenoxy) is 1. The molecule has 0 aliphatic rings. The normalized spacial score (nSPS) is 13.4. The molecule has 5 heteroatoms. The van der Waals surface area contributed by atoms with Crippen molar-refractivity contribution >= 4 is 0 Å². The van der Waals surface area contributed by atoms with Crippen LogP contribution in [0.2, 0.25) is 0 Å². The van der Waals surface area contributed by atoms with E-state index in [9.17, 15) is 0 Å². The van der Waals surface area contributed by atoms with Gasteiger partial charge in [0.2, 0.25) is 5.89 Å². The second-order valence-electron chi connectivity index (χ2n) is 6.63. The van der Waals surface area contributed by atoms with Crippen molar-refractivity contribution in [1.29, 1.82) is 0 Å². The zero-order chi connectivity index (χ0) is 18.5. The Morgan fingerprint density at radius 1 is 1.04 bits per heavy atom. The third-order valence-corrected chi connectivity index (χ3v) is 4.57. The third-order valence-electron chi connectivity index (χ3n) is 4.57. The molecule has 136 valence electrons. The molecule has 2 atom stereocenters. The summed E-state index contributed by atoms with van der Waals surface area (Å²) in [5, 5.41) is 8.47. The van der Waals surface area contributed by atoms with Crippen LogP contribution < -0.4 is 9.64 Å². The fraction of sp³-hybridized carbons (Fsp3) is 0.333. The van der Waals surface area contributed by atoms with Crippen LogP contribution in [-0.4, -0.2) is 23.9 Å². The monoisotopic (exact) mass is 352 g/mol. The van der Waals surface area contributed by atoms with Crippen molar-refractivity contribution in [3.8, 4) is 17.2 Å². The summed E-state index contributed by atoms with van der Waals surface area (Å²) < 4.78 is 11.4. The van der Waals surface area contributed by atoms with Gasteiger partial charge in [0.1, 0.15) is 12.3 Å². The van der Waals surface area contributed by atoms with Gasteiger partial charge in [0.15, 0.2) is 6.04 Å². The minimum atomic E-state index is 0.105. The van der Waals surface area contributed by atoms with E-state index in [1.165, 1.54) is 16.0 Å². The van der Waals surface area contributed by atoms with Crippen LogP contribution in [0.5, 0.6) is 5.75 Å². The molecule has 1 heterocycles. The van der Waals surface area contributed by atoms with E-state index in [4.69, 9.17) is 9.15 Å². The second kappa shape index (κ2) is 8.15. The minimum absolute atomic E-state index is 0.105. The zero-order valence-corrected chi connectivity index (χ0v) is 15.8. The summed E-state index contributed by atoms with van der Waals surface area (Å²) in [5.74, 6) is 2.13. The van der Waals surface area contributed by atoms with Crippen LogP contribution in [0.4, 0.5) is 0 Å². The van der Waals surface area contributed by atoms with E-state index < -0.39 is 0 Å². The standard InChI is InChI=1S/C21H25N3O2/c1-5-25-19-12-8-17(9-13-19)14-24(4)16(3)20-22-23-21(26-20)18-10-6-15(2)7-11-18/h6-13,16H,5,14H2,1-4H3/p+1/t16-/m0/s1. The van der Waals surface area contributed by atoms with Crippen molar-refractivity contribution in [2.24, 2.45) is 0 Å². The highest BCUT2D eigenvalue weighted by molar-refractivity contribution is 5.52. The molecule has 1 N–H and O–H groups in total. The maximum absolute atomic E-state index is 5.92.